The second kappa shape index (κ2) is 4.35. The molecule has 0 radical (unpaired) electrons. The molecule has 1 saturated carbocycles. The van der Waals surface area contributed by atoms with Crippen LogP contribution in [-0.4, -0.2) is 25.0 Å². The molecule has 0 bridgehead atoms. The van der Waals surface area contributed by atoms with Crippen LogP contribution in [-0.2, 0) is 5.54 Å². The minimum Gasteiger partial charge on any atom is -0.493 e. The normalized spacial score (nSPS) is 15.9. The summed E-state index contributed by atoms with van der Waals surface area (Å²) >= 11 is 0. The van der Waals surface area contributed by atoms with Gasteiger partial charge in [0.2, 0.25) is 11.8 Å². The van der Waals surface area contributed by atoms with E-state index in [4.69, 9.17) is 11.5 Å². The van der Waals surface area contributed by atoms with Gasteiger partial charge in [0.1, 0.15) is 0 Å². The largest absolute Gasteiger partial charge is 0.493 e. The number of rotatable bonds is 2. The lowest BCUT2D eigenvalue weighted by atomic mass is 10.1. The van der Waals surface area contributed by atoms with Gasteiger partial charge < -0.3 is 16.6 Å². The number of nitrogen functional groups attached to an aromatic ring is 1. The highest BCUT2D eigenvalue weighted by molar-refractivity contribution is 5.88. The van der Waals surface area contributed by atoms with Crippen molar-refractivity contribution >= 4 is 16.9 Å². The van der Waals surface area contributed by atoms with Crippen molar-refractivity contribution in [1.29, 1.82) is 0 Å². The van der Waals surface area contributed by atoms with Gasteiger partial charge in [0.15, 0.2) is 5.82 Å². The third-order valence-electron chi connectivity index (χ3n) is 3.91. The van der Waals surface area contributed by atoms with Gasteiger partial charge in [-0.3, -0.25) is 0 Å². The van der Waals surface area contributed by atoms with Gasteiger partial charge in [-0.25, -0.2) is 15.0 Å². The first-order chi connectivity index (χ1) is 10.5. The number of fused-ring (bicyclic) bond motifs is 1. The summed E-state index contributed by atoms with van der Waals surface area (Å²) in [5.74, 6) is 0.661. The molecule has 1 aliphatic carbocycles. The molecule has 0 atom stereocenters. The zero-order valence-electron chi connectivity index (χ0n) is 11.7. The van der Waals surface area contributed by atoms with Crippen molar-refractivity contribution in [2.75, 3.05) is 5.73 Å². The lowest BCUT2D eigenvalue weighted by molar-refractivity contribution is 0.452. The minimum atomic E-state index is -0.477. The summed E-state index contributed by atoms with van der Waals surface area (Å²) in [5.41, 5.74) is 13.4. The van der Waals surface area contributed by atoms with Gasteiger partial charge >= 0.3 is 0 Å². The molecule has 0 aliphatic heterocycles. The van der Waals surface area contributed by atoms with Crippen LogP contribution in [0.5, 0.6) is 5.88 Å². The Labute approximate surface area is 126 Å². The topological polar surface area (TPSA) is 124 Å². The monoisotopic (exact) mass is 294 g/mol. The molecule has 5 N–H and O–H groups in total. The third kappa shape index (κ3) is 2.03. The van der Waals surface area contributed by atoms with E-state index in [1.165, 1.54) is 0 Å². The van der Waals surface area contributed by atoms with E-state index in [1.807, 2.05) is 12.1 Å². The van der Waals surface area contributed by atoms with Gasteiger partial charge in [0.25, 0.3) is 0 Å². The lowest BCUT2D eigenvalue weighted by Crippen LogP contribution is -2.22. The standard InChI is InChI=1S/C15H14N6O/c16-14-18-6-9(7-19-14)8-1-2-11-10(5-8)12(22)21-13(20-11)15(17)3-4-15/h1-2,5-7H,3-4,17H2,(H2,16,18,19)(H,20,21,22). The van der Waals surface area contributed by atoms with Gasteiger partial charge in [-0.2, -0.15) is 4.98 Å². The maximum atomic E-state index is 10.2. The molecule has 0 spiro atoms. The lowest BCUT2D eigenvalue weighted by Gasteiger charge is -2.10. The molecule has 22 heavy (non-hydrogen) atoms. The van der Waals surface area contributed by atoms with Gasteiger partial charge in [-0.15, -0.1) is 0 Å². The molecule has 1 fully saturated rings. The van der Waals surface area contributed by atoms with Crippen molar-refractivity contribution in [2.45, 2.75) is 18.4 Å². The van der Waals surface area contributed by atoms with E-state index < -0.39 is 5.54 Å². The SMILES string of the molecule is Nc1ncc(-c2ccc3nc(C4(N)CC4)nc(O)c3c2)cn1. The number of benzene rings is 1. The van der Waals surface area contributed by atoms with Crippen molar-refractivity contribution in [3.05, 3.63) is 36.4 Å². The highest BCUT2D eigenvalue weighted by atomic mass is 16.3. The first kappa shape index (κ1) is 12.9. The summed E-state index contributed by atoms with van der Waals surface area (Å²) < 4.78 is 0. The van der Waals surface area contributed by atoms with Crippen LogP contribution >= 0.6 is 0 Å². The smallest absolute Gasteiger partial charge is 0.222 e. The average Bonchev–Trinajstić information content (AvgIpc) is 3.27. The Bertz CT molecular complexity index is 873. The Kier molecular flexibility index (Phi) is 2.55. The average molecular weight is 294 g/mol. The second-order valence-corrected chi connectivity index (χ2v) is 5.59. The fraction of sp³-hybridized carbons (Fsp3) is 0.200. The van der Waals surface area contributed by atoms with Crippen molar-refractivity contribution in [3.8, 4) is 17.0 Å². The van der Waals surface area contributed by atoms with Crippen molar-refractivity contribution in [1.82, 2.24) is 19.9 Å². The van der Waals surface area contributed by atoms with Crippen LogP contribution in [0, 0.1) is 0 Å². The molecule has 7 nitrogen and oxygen atoms in total. The van der Waals surface area contributed by atoms with Gasteiger partial charge in [0, 0.05) is 18.0 Å². The molecule has 1 aliphatic rings. The van der Waals surface area contributed by atoms with Crippen LogP contribution in [0.4, 0.5) is 5.95 Å². The summed E-state index contributed by atoms with van der Waals surface area (Å²) in [7, 11) is 0. The van der Waals surface area contributed by atoms with E-state index in [0.29, 0.717) is 16.7 Å². The quantitative estimate of drug-likeness (QED) is 0.651. The molecule has 0 unspecified atom stereocenters. The zero-order chi connectivity index (χ0) is 15.3. The van der Waals surface area contributed by atoms with Crippen molar-refractivity contribution in [2.24, 2.45) is 5.73 Å². The molecule has 7 heteroatoms. The Morgan fingerprint density at radius 3 is 2.45 bits per heavy atom. The van der Waals surface area contributed by atoms with Crippen LogP contribution in [0.1, 0.15) is 18.7 Å². The van der Waals surface area contributed by atoms with E-state index in [2.05, 4.69) is 19.9 Å². The molecule has 2 heterocycles. The maximum Gasteiger partial charge on any atom is 0.222 e. The second-order valence-electron chi connectivity index (χ2n) is 5.59. The Hall–Kier alpha value is -2.80. The van der Waals surface area contributed by atoms with E-state index >= 15 is 0 Å². The maximum absolute atomic E-state index is 10.2. The number of nitrogens with two attached hydrogens (primary N) is 2. The van der Waals surface area contributed by atoms with Gasteiger partial charge in [0.05, 0.1) is 16.4 Å². The van der Waals surface area contributed by atoms with Gasteiger partial charge in [-0.1, -0.05) is 6.07 Å². The summed E-state index contributed by atoms with van der Waals surface area (Å²) in [4.78, 5) is 16.6. The minimum absolute atomic E-state index is 0.0602. The third-order valence-corrected chi connectivity index (χ3v) is 3.91. The summed E-state index contributed by atoms with van der Waals surface area (Å²) in [6, 6.07) is 5.53. The van der Waals surface area contributed by atoms with Gasteiger partial charge in [-0.05, 0) is 30.5 Å². The molecular formula is C15H14N6O. The highest BCUT2D eigenvalue weighted by Crippen LogP contribution is 2.42. The highest BCUT2D eigenvalue weighted by Gasteiger charge is 2.43. The predicted octanol–water partition coefficient (Wildman–Crippen LogP) is 1.32. The van der Waals surface area contributed by atoms with E-state index in [-0.39, 0.29) is 11.8 Å². The fourth-order valence-electron chi connectivity index (χ4n) is 2.36. The van der Waals surface area contributed by atoms with E-state index in [9.17, 15) is 5.11 Å². The molecule has 3 aromatic rings. The number of hydrogen-bond donors (Lipinski definition) is 3. The van der Waals surface area contributed by atoms with Crippen molar-refractivity contribution < 1.29 is 5.11 Å². The Balaban J connectivity index is 1.84. The van der Waals surface area contributed by atoms with Crippen LogP contribution in [0.2, 0.25) is 0 Å². The Morgan fingerprint density at radius 1 is 1.05 bits per heavy atom. The number of aromatic nitrogens is 4. The molecule has 110 valence electrons. The first-order valence-corrected chi connectivity index (χ1v) is 6.93. The molecule has 4 rings (SSSR count). The number of nitrogens with zero attached hydrogens (tertiary/aromatic N) is 4. The van der Waals surface area contributed by atoms with Crippen LogP contribution in [0.25, 0.3) is 22.0 Å². The van der Waals surface area contributed by atoms with Crippen LogP contribution in [0.15, 0.2) is 30.6 Å². The number of aromatic hydroxyl groups is 1. The van der Waals surface area contributed by atoms with Crippen LogP contribution < -0.4 is 11.5 Å². The zero-order valence-corrected chi connectivity index (χ0v) is 11.7. The van der Waals surface area contributed by atoms with Crippen molar-refractivity contribution in [3.63, 3.8) is 0 Å². The molecule has 2 aromatic heterocycles. The predicted molar refractivity (Wildman–Crippen MR) is 81.7 cm³/mol. The summed E-state index contributed by atoms with van der Waals surface area (Å²) in [5, 5.41) is 10.8. The molecular weight excluding hydrogens is 280 g/mol. The number of anilines is 1. The van der Waals surface area contributed by atoms with E-state index in [0.717, 1.165) is 24.0 Å². The Morgan fingerprint density at radius 2 is 1.77 bits per heavy atom. The summed E-state index contributed by atoms with van der Waals surface area (Å²) in [6.07, 6.45) is 4.96. The molecule has 1 aromatic carbocycles. The van der Waals surface area contributed by atoms with Crippen LogP contribution in [0.3, 0.4) is 0 Å². The van der Waals surface area contributed by atoms with E-state index in [1.54, 1.807) is 18.5 Å². The first-order valence-electron chi connectivity index (χ1n) is 6.93. The fourth-order valence-corrected chi connectivity index (χ4v) is 2.36. The number of hydrogen-bond acceptors (Lipinski definition) is 7. The molecule has 0 amide bonds. The summed E-state index contributed by atoms with van der Waals surface area (Å²) in [6.45, 7) is 0. The molecule has 0 saturated heterocycles.